The first-order valence-electron chi connectivity index (χ1n) is 10.3. The number of likely N-dealkylation sites (N-methyl/N-ethyl adjacent to an activating group) is 1. The molecular formula is C24H27FN2O4. The highest BCUT2D eigenvalue weighted by Gasteiger charge is 2.45. The third kappa shape index (κ3) is 4.61. The minimum absolute atomic E-state index is 0.00122. The molecule has 2 aromatic rings. The van der Waals surface area contributed by atoms with Gasteiger partial charge in [0.15, 0.2) is 0 Å². The summed E-state index contributed by atoms with van der Waals surface area (Å²) in [6.45, 7) is 6.58. The molecule has 0 spiro atoms. The summed E-state index contributed by atoms with van der Waals surface area (Å²) in [6, 6.07) is 11.4. The molecule has 0 bridgehead atoms. The lowest BCUT2D eigenvalue weighted by Gasteiger charge is -2.28. The van der Waals surface area contributed by atoms with E-state index in [1.165, 1.54) is 36.3 Å². The van der Waals surface area contributed by atoms with Gasteiger partial charge in [-0.05, 0) is 55.1 Å². The van der Waals surface area contributed by atoms with Crippen LogP contribution in [-0.2, 0) is 9.59 Å². The van der Waals surface area contributed by atoms with Crippen molar-refractivity contribution in [1.82, 2.24) is 9.80 Å². The molecule has 1 saturated heterocycles. The Hall–Kier alpha value is -3.19. The zero-order valence-corrected chi connectivity index (χ0v) is 18.0. The summed E-state index contributed by atoms with van der Waals surface area (Å²) in [7, 11) is 1.53. The van der Waals surface area contributed by atoms with Crippen LogP contribution in [0.5, 0.6) is 5.75 Å². The van der Waals surface area contributed by atoms with Crippen molar-refractivity contribution >= 4 is 17.4 Å². The van der Waals surface area contributed by atoms with E-state index >= 15 is 0 Å². The van der Waals surface area contributed by atoms with Crippen molar-refractivity contribution < 1.29 is 23.8 Å². The number of halogens is 1. The van der Waals surface area contributed by atoms with Gasteiger partial charge in [0.05, 0.1) is 18.7 Å². The Morgan fingerprint density at radius 1 is 1.06 bits per heavy atom. The molecule has 0 aromatic heterocycles. The highest BCUT2D eigenvalue weighted by molar-refractivity contribution is 6.46. The van der Waals surface area contributed by atoms with Crippen molar-refractivity contribution in [2.45, 2.75) is 19.9 Å². The molecule has 1 amide bonds. The number of benzene rings is 2. The van der Waals surface area contributed by atoms with Crippen LogP contribution in [0.25, 0.3) is 5.76 Å². The normalized spacial score (nSPS) is 18.1. The number of rotatable bonds is 8. The number of amides is 1. The summed E-state index contributed by atoms with van der Waals surface area (Å²) in [4.78, 5) is 29.5. The summed E-state index contributed by atoms with van der Waals surface area (Å²) < 4.78 is 18.7. The molecule has 164 valence electrons. The molecule has 0 radical (unpaired) electrons. The minimum Gasteiger partial charge on any atom is -0.507 e. The topological polar surface area (TPSA) is 70.1 Å². The number of hydrogen-bond donors (Lipinski definition) is 1. The number of nitrogens with zero attached hydrogens (tertiary/aromatic N) is 2. The Bertz CT molecular complexity index is 966. The van der Waals surface area contributed by atoms with Crippen LogP contribution in [0.3, 0.4) is 0 Å². The van der Waals surface area contributed by atoms with Gasteiger partial charge in [0.2, 0.25) is 0 Å². The molecule has 1 N–H and O–H groups in total. The lowest BCUT2D eigenvalue weighted by molar-refractivity contribution is -0.140. The molecule has 1 fully saturated rings. The highest BCUT2D eigenvalue weighted by atomic mass is 19.1. The number of hydrogen-bond acceptors (Lipinski definition) is 5. The molecule has 1 unspecified atom stereocenters. The third-order valence-corrected chi connectivity index (χ3v) is 5.64. The second-order valence-corrected chi connectivity index (χ2v) is 7.30. The molecule has 1 atom stereocenters. The van der Waals surface area contributed by atoms with E-state index in [4.69, 9.17) is 4.74 Å². The fourth-order valence-electron chi connectivity index (χ4n) is 3.80. The number of likely N-dealkylation sites (tertiary alicyclic amines) is 1. The number of ether oxygens (including phenoxy) is 1. The highest BCUT2D eigenvalue weighted by Crippen LogP contribution is 2.39. The van der Waals surface area contributed by atoms with Crippen molar-refractivity contribution in [1.29, 1.82) is 0 Å². The van der Waals surface area contributed by atoms with Crippen LogP contribution in [0.2, 0.25) is 0 Å². The minimum atomic E-state index is -0.793. The first-order chi connectivity index (χ1) is 14.9. The first-order valence-corrected chi connectivity index (χ1v) is 10.3. The van der Waals surface area contributed by atoms with Crippen LogP contribution in [0.15, 0.2) is 54.1 Å². The number of aliphatic hydroxyl groups excluding tert-OH is 1. The van der Waals surface area contributed by atoms with Crippen LogP contribution < -0.4 is 4.74 Å². The Balaban J connectivity index is 2.07. The van der Waals surface area contributed by atoms with Crippen molar-refractivity contribution in [2.75, 3.05) is 33.3 Å². The molecular weight excluding hydrogens is 399 g/mol. The number of ketones is 1. The van der Waals surface area contributed by atoms with Gasteiger partial charge in [-0.25, -0.2) is 4.39 Å². The van der Waals surface area contributed by atoms with E-state index in [9.17, 15) is 19.1 Å². The summed E-state index contributed by atoms with van der Waals surface area (Å²) in [5.74, 6) is -1.50. The molecule has 0 aliphatic carbocycles. The van der Waals surface area contributed by atoms with Crippen molar-refractivity contribution in [3.8, 4) is 5.75 Å². The summed E-state index contributed by atoms with van der Waals surface area (Å²) in [6.07, 6.45) is 0. The van der Waals surface area contributed by atoms with Crippen LogP contribution >= 0.6 is 0 Å². The molecule has 31 heavy (non-hydrogen) atoms. The maximum atomic E-state index is 13.5. The van der Waals surface area contributed by atoms with Crippen LogP contribution in [0, 0.1) is 5.82 Å². The predicted octanol–water partition coefficient (Wildman–Crippen LogP) is 3.60. The van der Waals surface area contributed by atoms with Crippen molar-refractivity contribution in [3.63, 3.8) is 0 Å². The van der Waals surface area contributed by atoms with E-state index in [2.05, 4.69) is 4.90 Å². The van der Waals surface area contributed by atoms with Crippen LogP contribution in [0.1, 0.15) is 31.0 Å². The van der Waals surface area contributed by atoms with Gasteiger partial charge >= 0.3 is 0 Å². The van der Waals surface area contributed by atoms with Crippen LogP contribution in [0.4, 0.5) is 4.39 Å². The smallest absolute Gasteiger partial charge is 0.295 e. The Morgan fingerprint density at radius 3 is 2.23 bits per heavy atom. The standard InChI is InChI=1S/C24H27FN2O4/c1-4-26(5-2)14-15-27-21(16-6-10-18(25)11-7-16)20(23(29)24(27)30)22(28)17-8-12-19(31-3)13-9-17/h6-13,21,28H,4-5,14-15H2,1-3H3/b22-20-. The van der Waals surface area contributed by atoms with E-state index in [1.54, 1.807) is 24.3 Å². The van der Waals surface area contributed by atoms with Gasteiger partial charge in [-0.1, -0.05) is 26.0 Å². The lowest BCUT2D eigenvalue weighted by atomic mass is 9.95. The molecule has 2 aromatic carbocycles. The molecule has 1 heterocycles. The summed E-state index contributed by atoms with van der Waals surface area (Å²) in [5.41, 5.74) is 0.964. The zero-order valence-electron chi connectivity index (χ0n) is 18.0. The first kappa shape index (κ1) is 22.5. The zero-order chi connectivity index (χ0) is 22.5. The van der Waals surface area contributed by atoms with E-state index < -0.39 is 23.5 Å². The summed E-state index contributed by atoms with van der Waals surface area (Å²) >= 11 is 0. The maximum Gasteiger partial charge on any atom is 0.295 e. The Kier molecular flexibility index (Phi) is 7.07. The molecule has 3 rings (SSSR count). The lowest BCUT2D eigenvalue weighted by Crippen LogP contribution is -2.38. The van der Waals surface area contributed by atoms with Gasteiger partial charge in [0, 0.05) is 18.7 Å². The molecule has 1 aliphatic heterocycles. The van der Waals surface area contributed by atoms with E-state index in [0.717, 1.165) is 13.1 Å². The van der Waals surface area contributed by atoms with Gasteiger partial charge in [-0.2, -0.15) is 0 Å². The Morgan fingerprint density at radius 2 is 1.68 bits per heavy atom. The number of carbonyl (C=O) groups is 2. The summed E-state index contributed by atoms with van der Waals surface area (Å²) in [5, 5.41) is 11.0. The van der Waals surface area contributed by atoms with Gasteiger partial charge in [0.25, 0.3) is 11.7 Å². The van der Waals surface area contributed by atoms with Crippen molar-refractivity contribution in [2.24, 2.45) is 0 Å². The van der Waals surface area contributed by atoms with Gasteiger partial charge < -0.3 is 19.6 Å². The van der Waals surface area contributed by atoms with E-state index in [1.807, 2.05) is 13.8 Å². The second-order valence-electron chi connectivity index (χ2n) is 7.30. The van der Waals surface area contributed by atoms with Crippen molar-refractivity contribution in [3.05, 3.63) is 71.0 Å². The predicted molar refractivity (Wildman–Crippen MR) is 116 cm³/mol. The average Bonchev–Trinajstić information content (AvgIpc) is 3.05. The number of methoxy groups -OCH3 is 1. The number of Topliss-reactive ketones (excluding diaryl/α,β-unsaturated/α-hetero) is 1. The SMILES string of the molecule is CCN(CC)CCN1C(=O)C(=O)/C(=C(\O)c2ccc(OC)cc2)C1c1ccc(F)cc1. The number of carbonyl (C=O) groups excluding carboxylic acids is 2. The Labute approximate surface area is 181 Å². The van der Waals surface area contributed by atoms with Gasteiger partial charge in [-0.3, -0.25) is 9.59 Å². The second kappa shape index (κ2) is 9.75. The quantitative estimate of drug-likeness (QED) is 0.397. The van der Waals surface area contributed by atoms with E-state index in [0.29, 0.717) is 30.0 Å². The fourth-order valence-corrected chi connectivity index (χ4v) is 3.80. The van der Waals surface area contributed by atoms with Gasteiger partial charge in [-0.15, -0.1) is 0 Å². The van der Waals surface area contributed by atoms with Gasteiger partial charge in [0.1, 0.15) is 17.3 Å². The largest absolute Gasteiger partial charge is 0.507 e. The third-order valence-electron chi connectivity index (χ3n) is 5.64. The van der Waals surface area contributed by atoms with Crippen LogP contribution in [-0.4, -0.2) is 59.9 Å². The molecule has 1 aliphatic rings. The van der Waals surface area contributed by atoms with E-state index in [-0.39, 0.29) is 11.3 Å². The fraction of sp³-hybridized carbons (Fsp3) is 0.333. The average molecular weight is 426 g/mol. The molecule has 0 saturated carbocycles. The number of aliphatic hydroxyl groups is 1. The maximum absolute atomic E-state index is 13.5. The molecule has 7 heteroatoms. The monoisotopic (exact) mass is 426 g/mol. The molecule has 6 nitrogen and oxygen atoms in total.